The molecule has 2 heteroatoms. The van der Waals surface area contributed by atoms with Gasteiger partial charge in [0.25, 0.3) is 0 Å². The molecule has 0 radical (unpaired) electrons. The van der Waals surface area contributed by atoms with Gasteiger partial charge in [-0.25, -0.2) is 0 Å². The Hall–Kier alpha value is -1.18. The van der Waals surface area contributed by atoms with E-state index in [9.17, 15) is 0 Å². The molecule has 3 rings (SSSR count). The van der Waals surface area contributed by atoms with Crippen LogP contribution < -0.4 is 10.2 Å². The standard InChI is InChI=1S/C14H20N2/c1-10-6-7-13-14(11(10)2)16-8-4-3-5-12(16)9-15-13/h6-7,12,15H,3-5,8-9H2,1-2H3. The average molecular weight is 216 g/mol. The van der Waals surface area contributed by atoms with Crippen LogP contribution in [0.15, 0.2) is 12.1 Å². The van der Waals surface area contributed by atoms with Crippen LogP contribution in [0.5, 0.6) is 0 Å². The van der Waals surface area contributed by atoms with Gasteiger partial charge in [-0.15, -0.1) is 0 Å². The van der Waals surface area contributed by atoms with Crippen LogP contribution in [0.4, 0.5) is 11.4 Å². The quantitative estimate of drug-likeness (QED) is 0.717. The molecule has 16 heavy (non-hydrogen) atoms. The van der Waals surface area contributed by atoms with E-state index in [0.29, 0.717) is 0 Å². The number of fused-ring (bicyclic) bond motifs is 3. The minimum Gasteiger partial charge on any atom is -0.381 e. The Morgan fingerprint density at radius 1 is 1.25 bits per heavy atom. The number of aryl methyl sites for hydroxylation is 1. The lowest BCUT2D eigenvalue weighted by molar-refractivity contribution is 0.465. The third-order valence-electron chi connectivity index (χ3n) is 4.14. The molecule has 0 aliphatic carbocycles. The molecule has 1 fully saturated rings. The summed E-state index contributed by atoms with van der Waals surface area (Å²) in [5.41, 5.74) is 5.67. The van der Waals surface area contributed by atoms with Crippen molar-refractivity contribution >= 4 is 11.4 Å². The van der Waals surface area contributed by atoms with E-state index in [1.165, 1.54) is 48.3 Å². The smallest absolute Gasteiger partial charge is 0.0637 e. The highest BCUT2D eigenvalue weighted by atomic mass is 15.2. The van der Waals surface area contributed by atoms with Crippen molar-refractivity contribution in [3.63, 3.8) is 0 Å². The lowest BCUT2D eigenvalue weighted by atomic mass is 9.95. The van der Waals surface area contributed by atoms with Gasteiger partial charge >= 0.3 is 0 Å². The maximum Gasteiger partial charge on any atom is 0.0637 e. The number of anilines is 2. The van der Waals surface area contributed by atoms with Gasteiger partial charge in [-0.2, -0.15) is 0 Å². The molecule has 0 aromatic heterocycles. The predicted molar refractivity (Wildman–Crippen MR) is 69.4 cm³/mol. The van der Waals surface area contributed by atoms with Crippen molar-refractivity contribution in [2.45, 2.75) is 39.2 Å². The highest BCUT2D eigenvalue weighted by Crippen LogP contribution is 2.38. The van der Waals surface area contributed by atoms with Crippen molar-refractivity contribution in [2.24, 2.45) is 0 Å². The second-order valence-electron chi connectivity index (χ2n) is 5.13. The van der Waals surface area contributed by atoms with E-state index in [4.69, 9.17) is 0 Å². The van der Waals surface area contributed by atoms with E-state index >= 15 is 0 Å². The van der Waals surface area contributed by atoms with Crippen LogP contribution >= 0.6 is 0 Å². The molecular weight excluding hydrogens is 196 g/mol. The molecule has 1 saturated heterocycles. The molecule has 1 unspecified atom stereocenters. The molecule has 2 aliphatic heterocycles. The summed E-state index contributed by atoms with van der Waals surface area (Å²) in [4.78, 5) is 2.64. The molecule has 0 bridgehead atoms. The summed E-state index contributed by atoms with van der Waals surface area (Å²) < 4.78 is 0. The second-order valence-corrected chi connectivity index (χ2v) is 5.13. The van der Waals surface area contributed by atoms with Crippen LogP contribution in [-0.4, -0.2) is 19.1 Å². The summed E-state index contributed by atoms with van der Waals surface area (Å²) in [7, 11) is 0. The number of nitrogens with one attached hydrogen (secondary N) is 1. The van der Waals surface area contributed by atoms with E-state index in [1.807, 2.05) is 0 Å². The lowest BCUT2D eigenvalue weighted by Crippen LogP contribution is -2.47. The van der Waals surface area contributed by atoms with Crippen LogP contribution in [0.1, 0.15) is 30.4 Å². The third-order valence-corrected chi connectivity index (χ3v) is 4.14. The fourth-order valence-corrected chi connectivity index (χ4v) is 3.05. The number of rotatable bonds is 0. The average Bonchev–Trinajstić information content (AvgIpc) is 2.33. The van der Waals surface area contributed by atoms with E-state index < -0.39 is 0 Å². The topological polar surface area (TPSA) is 15.3 Å². The van der Waals surface area contributed by atoms with Crippen LogP contribution in [0.25, 0.3) is 0 Å². The molecule has 2 aliphatic rings. The first-order chi connectivity index (χ1) is 7.77. The van der Waals surface area contributed by atoms with Gasteiger partial charge < -0.3 is 10.2 Å². The molecule has 0 spiro atoms. The van der Waals surface area contributed by atoms with Crippen LogP contribution in [0, 0.1) is 13.8 Å². The third kappa shape index (κ3) is 1.40. The van der Waals surface area contributed by atoms with Crippen molar-refractivity contribution in [1.29, 1.82) is 0 Å². The molecule has 2 nitrogen and oxygen atoms in total. The lowest BCUT2D eigenvalue weighted by Gasteiger charge is -2.43. The predicted octanol–water partition coefficient (Wildman–Crippen LogP) is 3.09. The first-order valence-electron chi connectivity index (χ1n) is 6.38. The number of nitrogens with zero attached hydrogens (tertiary/aromatic N) is 1. The van der Waals surface area contributed by atoms with Crippen molar-refractivity contribution in [3.8, 4) is 0 Å². The zero-order valence-electron chi connectivity index (χ0n) is 10.2. The highest BCUT2D eigenvalue weighted by Gasteiger charge is 2.29. The molecule has 86 valence electrons. The summed E-state index contributed by atoms with van der Waals surface area (Å²) in [6.07, 6.45) is 4.09. The van der Waals surface area contributed by atoms with Gasteiger partial charge in [0, 0.05) is 19.1 Å². The normalized spacial score (nSPS) is 23.4. The Labute approximate surface area is 97.6 Å². The van der Waals surface area contributed by atoms with E-state index in [-0.39, 0.29) is 0 Å². The molecule has 0 saturated carbocycles. The molecular formula is C14H20N2. The monoisotopic (exact) mass is 216 g/mol. The Kier molecular flexibility index (Phi) is 2.31. The van der Waals surface area contributed by atoms with Gasteiger partial charge in [0.15, 0.2) is 0 Å². The SMILES string of the molecule is Cc1ccc2c(c1C)N1CCCCC1CN2. The van der Waals surface area contributed by atoms with Crippen LogP contribution in [0.2, 0.25) is 0 Å². The number of hydrogen-bond donors (Lipinski definition) is 1. The molecule has 2 heterocycles. The van der Waals surface area contributed by atoms with E-state index in [1.54, 1.807) is 0 Å². The minimum atomic E-state index is 0.724. The zero-order chi connectivity index (χ0) is 11.1. The Balaban J connectivity index is 2.09. The molecule has 1 aromatic carbocycles. The molecule has 0 amide bonds. The first-order valence-corrected chi connectivity index (χ1v) is 6.38. The van der Waals surface area contributed by atoms with Crippen LogP contribution in [0.3, 0.4) is 0 Å². The fourth-order valence-electron chi connectivity index (χ4n) is 3.05. The highest BCUT2D eigenvalue weighted by molar-refractivity contribution is 5.77. The van der Waals surface area contributed by atoms with Gasteiger partial charge in [0.1, 0.15) is 0 Å². The summed E-state index contributed by atoms with van der Waals surface area (Å²) in [6, 6.07) is 5.19. The van der Waals surface area contributed by atoms with Crippen molar-refractivity contribution in [2.75, 3.05) is 23.3 Å². The first kappa shape index (κ1) is 10.0. The largest absolute Gasteiger partial charge is 0.381 e. The van der Waals surface area contributed by atoms with Gasteiger partial charge in [0.2, 0.25) is 0 Å². The summed E-state index contributed by atoms with van der Waals surface area (Å²) >= 11 is 0. The number of piperidine rings is 1. The van der Waals surface area contributed by atoms with Gasteiger partial charge in [-0.3, -0.25) is 0 Å². The summed E-state index contributed by atoms with van der Waals surface area (Å²) in [5, 5.41) is 3.59. The Morgan fingerprint density at radius 3 is 3.00 bits per heavy atom. The Bertz CT molecular complexity index is 411. The van der Waals surface area contributed by atoms with Crippen molar-refractivity contribution in [1.82, 2.24) is 0 Å². The maximum absolute atomic E-state index is 3.59. The minimum absolute atomic E-state index is 0.724. The molecule has 1 aromatic rings. The van der Waals surface area contributed by atoms with Crippen LogP contribution in [-0.2, 0) is 0 Å². The molecule has 1 N–H and O–H groups in total. The van der Waals surface area contributed by atoms with Gasteiger partial charge in [-0.05, 0) is 50.3 Å². The number of hydrogen-bond acceptors (Lipinski definition) is 2. The van der Waals surface area contributed by atoms with Crippen molar-refractivity contribution < 1.29 is 0 Å². The fraction of sp³-hybridized carbons (Fsp3) is 0.571. The molecule has 1 atom stereocenters. The van der Waals surface area contributed by atoms with Crippen molar-refractivity contribution in [3.05, 3.63) is 23.3 Å². The summed E-state index contributed by atoms with van der Waals surface area (Å²) in [5.74, 6) is 0. The van der Waals surface area contributed by atoms with E-state index in [2.05, 4.69) is 36.2 Å². The van der Waals surface area contributed by atoms with E-state index in [0.717, 1.165) is 12.6 Å². The second kappa shape index (κ2) is 3.69. The maximum atomic E-state index is 3.59. The Morgan fingerprint density at radius 2 is 2.12 bits per heavy atom. The van der Waals surface area contributed by atoms with Gasteiger partial charge in [-0.1, -0.05) is 6.07 Å². The zero-order valence-corrected chi connectivity index (χ0v) is 10.2. The number of benzene rings is 1. The summed E-state index contributed by atoms with van der Waals surface area (Å²) in [6.45, 7) is 6.83. The van der Waals surface area contributed by atoms with Gasteiger partial charge in [0.05, 0.1) is 11.4 Å².